The van der Waals surface area contributed by atoms with E-state index in [2.05, 4.69) is 4.98 Å². The lowest BCUT2D eigenvalue weighted by Crippen LogP contribution is -2.37. The van der Waals surface area contributed by atoms with Gasteiger partial charge in [-0.25, -0.2) is 4.98 Å². The van der Waals surface area contributed by atoms with Gasteiger partial charge in [0.15, 0.2) is 0 Å². The zero-order valence-electron chi connectivity index (χ0n) is 10.2. The number of nitrogens with two attached hydrogens (primary N) is 1. The highest BCUT2D eigenvalue weighted by atomic mass is 35.5. The fourth-order valence-corrected chi connectivity index (χ4v) is 2.59. The smallest absolute Gasteiger partial charge is 0.147 e. The maximum absolute atomic E-state index is 9.27. The third kappa shape index (κ3) is 2.57. The fraction of sp³-hybridized carbons (Fsp3) is 0.500. The van der Waals surface area contributed by atoms with Gasteiger partial charge in [0.05, 0.1) is 11.1 Å². The minimum Gasteiger partial charge on any atom is -0.393 e. The standard InChI is InChI=1S/C12H17ClN4O/c1-17(6-7-4-8(18)5-7)12-10(13)9(11(14)15)2-3-16-12/h2-3,7-8,18H,4-6H2,1H3,(H3,14,15). The molecule has 1 aromatic heterocycles. The molecular formula is C12H17ClN4O. The van der Waals surface area contributed by atoms with E-state index in [4.69, 9.17) is 22.7 Å². The van der Waals surface area contributed by atoms with Gasteiger partial charge in [0.25, 0.3) is 0 Å². The van der Waals surface area contributed by atoms with Crippen molar-refractivity contribution in [1.82, 2.24) is 4.98 Å². The molecule has 1 heterocycles. The average molecular weight is 269 g/mol. The number of anilines is 1. The Kier molecular flexibility index (Phi) is 3.73. The van der Waals surface area contributed by atoms with Crippen molar-refractivity contribution in [2.24, 2.45) is 11.7 Å². The first kappa shape index (κ1) is 13.1. The Bertz CT molecular complexity index is 459. The number of nitrogens with one attached hydrogen (secondary N) is 1. The Labute approximate surface area is 111 Å². The highest BCUT2D eigenvalue weighted by Crippen LogP contribution is 2.31. The SMILES string of the molecule is CN(CC1CC(O)C1)c1nccc(C(=N)N)c1Cl. The average Bonchev–Trinajstić information content (AvgIpc) is 2.26. The molecule has 0 spiro atoms. The number of pyridine rings is 1. The minimum absolute atomic E-state index is 0.0592. The molecule has 1 aliphatic rings. The van der Waals surface area contributed by atoms with E-state index < -0.39 is 0 Å². The summed E-state index contributed by atoms with van der Waals surface area (Å²) in [7, 11) is 1.91. The van der Waals surface area contributed by atoms with E-state index in [0.29, 0.717) is 22.3 Å². The van der Waals surface area contributed by atoms with E-state index in [0.717, 1.165) is 19.4 Å². The van der Waals surface area contributed by atoms with Gasteiger partial charge in [-0.15, -0.1) is 0 Å². The summed E-state index contributed by atoms with van der Waals surface area (Å²) in [5.41, 5.74) is 5.96. The number of hydrogen-bond acceptors (Lipinski definition) is 4. The van der Waals surface area contributed by atoms with Gasteiger partial charge in [-0.1, -0.05) is 11.6 Å². The zero-order chi connectivity index (χ0) is 13.3. The normalized spacial score (nSPS) is 22.4. The Morgan fingerprint density at radius 2 is 2.33 bits per heavy atom. The van der Waals surface area contributed by atoms with Gasteiger partial charge >= 0.3 is 0 Å². The second-order valence-corrected chi connectivity index (χ2v) is 5.16. The summed E-state index contributed by atoms with van der Waals surface area (Å²) in [4.78, 5) is 6.18. The van der Waals surface area contributed by atoms with Crippen molar-refractivity contribution >= 4 is 23.3 Å². The maximum Gasteiger partial charge on any atom is 0.147 e. The number of hydrogen-bond donors (Lipinski definition) is 3. The van der Waals surface area contributed by atoms with Crippen LogP contribution in [0.25, 0.3) is 0 Å². The number of aliphatic hydroxyl groups is 1. The third-order valence-corrected chi connectivity index (χ3v) is 3.64. The number of rotatable bonds is 4. The molecule has 2 rings (SSSR count). The summed E-state index contributed by atoms with van der Waals surface area (Å²) in [6.07, 6.45) is 3.10. The molecule has 18 heavy (non-hydrogen) atoms. The quantitative estimate of drug-likeness (QED) is 0.566. The summed E-state index contributed by atoms with van der Waals surface area (Å²) in [6.45, 7) is 0.797. The molecule has 1 saturated carbocycles. The van der Waals surface area contributed by atoms with E-state index in [9.17, 15) is 5.11 Å². The molecular weight excluding hydrogens is 252 g/mol. The number of nitrogen functional groups attached to an aromatic ring is 1. The zero-order valence-corrected chi connectivity index (χ0v) is 11.0. The molecule has 98 valence electrons. The predicted molar refractivity (Wildman–Crippen MR) is 72.3 cm³/mol. The van der Waals surface area contributed by atoms with Gasteiger partial charge in [-0.2, -0.15) is 0 Å². The Balaban J connectivity index is 2.12. The second-order valence-electron chi connectivity index (χ2n) is 4.78. The van der Waals surface area contributed by atoms with Crippen molar-refractivity contribution in [1.29, 1.82) is 5.41 Å². The van der Waals surface area contributed by atoms with Crippen LogP contribution in [0, 0.1) is 11.3 Å². The molecule has 0 unspecified atom stereocenters. The molecule has 4 N–H and O–H groups in total. The molecule has 1 fully saturated rings. The van der Waals surface area contributed by atoms with Crippen LogP contribution < -0.4 is 10.6 Å². The monoisotopic (exact) mass is 268 g/mol. The molecule has 6 heteroatoms. The molecule has 0 bridgehead atoms. The predicted octanol–water partition coefficient (Wildman–Crippen LogP) is 1.23. The summed E-state index contributed by atoms with van der Waals surface area (Å²) in [5, 5.41) is 17.1. The van der Waals surface area contributed by atoms with Gasteiger partial charge in [0.1, 0.15) is 11.7 Å². The van der Waals surface area contributed by atoms with E-state index >= 15 is 0 Å². The van der Waals surface area contributed by atoms with Crippen LogP contribution >= 0.6 is 11.6 Å². The van der Waals surface area contributed by atoms with Crippen LogP contribution in [0.2, 0.25) is 5.02 Å². The first-order valence-corrected chi connectivity index (χ1v) is 6.25. The van der Waals surface area contributed by atoms with E-state index in [-0.39, 0.29) is 11.9 Å². The van der Waals surface area contributed by atoms with E-state index in [1.54, 1.807) is 12.3 Å². The van der Waals surface area contributed by atoms with Gasteiger partial charge in [-0.3, -0.25) is 5.41 Å². The van der Waals surface area contributed by atoms with Crippen molar-refractivity contribution in [3.8, 4) is 0 Å². The Morgan fingerprint density at radius 1 is 1.67 bits per heavy atom. The largest absolute Gasteiger partial charge is 0.393 e. The summed E-state index contributed by atoms with van der Waals surface area (Å²) >= 11 is 6.20. The number of aliphatic hydroxyl groups excluding tert-OH is 1. The second kappa shape index (κ2) is 5.12. The van der Waals surface area contributed by atoms with Crippen molar-refractivity contribution in [2.75, 3.05) is 18.5 Å². The van der Waals surface area contributed by atoms with Crippen LogP contribution in [0.3, 0.4) is 0 Å². The third-order valence-electron chi connectivity index (χ3n) is 3.27. The number of halogens is 1. The first-order valence-electron chi connectivity index (χ1n) is 5.87. The van der Waals surface area contributed by atoms with Crippen LogP contribution in [0.15, 0.2) is 12.3 Å². The number of nitrogens with zero attached hydrogens (tertiary/aromatic N) is 2. The van der Waals surface area contributed by atoms with Crippen LogP contribution in [0.5, 0.6) is 0 Å². The molecule has 0 atom stereocenters. The molecule has 0 aromatic carbocycles. The summed E-state index contributed by atoms with van der Waals surface area (Å²) in [6, 6.07) is 1.63. The summed E-state index contributed by atoms with van der Waals surface area (Å²) < 4.78 is 0. The fourth-order valence-electron chi connectivity index (χ4n) is 2.23. The molecule has 1 aliphatic carbocycles. The van der Waals surface area contributed by atoms with Gasteiger partial charge in [-0.05, 0) is 24.8 Å². The van der Waals surface area contributed by atoms with Crippen molar-refractivity contribution in [2.45, 2.75) is 18.9 Å². The highest BCUT2D eigenvalue weighted by Gasteiger charge is 2.28. The van der Waals surface area contributed by atoms with E-state index in [1.807, 2.05) is 11.9 Å². The van der Waals surface area contributed by atoms with Gasteiger partial charge in [0, 0.05) is 25.4 Å². The lowest BCUT2D eigenvalue weighted by Gasteiger charge is -2.35. The van der Waals surface area contributed by atoms with Crippen molar-refractivity contribution in [3.63, 3.8) is 0 Å². The van der Waals surface area contributed by atoms with Crippen LogP contribution in [0.4, 0.5) is 5.82 Å². The van der Waals surface area contributed by atoms with Crippen LogP contribution in [-0.4, -0.2) is 35.6 Å². The first-order chi connectivity index (χ1) is 8.49. The molecule has 0 radical (unpaired) electrons. The van der Waals surface area contributed by atoms with Gasteiger partial charge in [0.2, 0.25) is 0 Å². The Hall–Kier alpha value is -1.33. The molecule has 5 nitrogen and oxygen atoms in total. The van der Waals surface area contributed by atoms with Crippen LogP contribution in [-0.2, 0) is 0 Å². The van der Waals surface area contributed by atoms with Gasteiger partial charge < -0.3 is 15.7 Å². The van der Waals surface area contributed by atoms with Crippen LogP contribution in [0.1, 0.15) is 18.4 Å². The Morgan fingerprint density at radius 3 is 2.89 bits per heavy atom. The summed E-state index contributed by atoms with van der Waals surface area (Å²) in [5.74, 6) is 1.05. The number of amidine groups is 1. The van der Waals surface area contributed by atoms with E-state index in [1.165, 1.54) is 0 Å². The highest BCUT2D eigenvalue weighted by molar-refractivity contribution is 6.36. The lowest BCUT2D eigenvalue weighted by atomic mass is 9.82. The minimum atomic E-state index is -0.157. The molecule has 1 aromatic rings. The number of aromatic nitrogens is 1. The van der Waals surface area contributed by atoms with Crippen molar-refractivity contribution < 1.29 is 5.11 Å². The van der Waals surface area contributed by atoms with Crippen molar-refractivity contribution in [3.05, 3.63) is 22.8 Å². The topological polar surface area (TPSA) is 86.2 Å². The maximum atomic E-state index is 9.27. The lowest BCUT2D eigenvalue weighted by molar-refractivity contribution is 0.0464. The molecule has 0 amide bonds. The molecule has 0 aliphatic heterocycles. The molecule has 0 saturated heterocycles.